The summed E-state index contributed by atoms with van der Waals surface area (Å²) in [5.74, 6) is -0.866. The summed E-state index contributed by atoms with van der Waals surface area (Å²) in [6.07, 6.45) is -3.12. The number of hydrogen-bond donors (Lipinski definition) is 2. The first-order chi connectivity index (χ1) is 13.3. The predicted octanol–water partition coefficient (Wildman–Crippen LogP) is 3.31. The SMILES string of the molecule is O=C(NC1C(=O)Nc2c1cnn2-c1ccccc1)c1cccc(C(F)(F)F)c1. The summed E-state index contributed by atoms with van der Waals surface area (Å²) in [6.45, 7) is 0. The summed E-state index contributed by atoms with van der Waals surface area (Å²) in [7, 11) is 0. The zero-order chi connectivity index (χ0) is 19.9. The van der Waals surface area contributed by atoms with Crippen LogP contribution in [0.25, 0.3) is 5.69 Å². The number of para-hydroxylation sites is 1. The topological polar surface area (TPSA) is 76.0 Å². The van der Waals surface area contributed by atoms with Crippen LogP contribution < -0.4 is 10.6 Å². The maximum atomic E-state index is 12.9. The van der Waals surface area contributed by atoms with Crippen LogP contribution in [-0.2, 0) is 11.0 Å². The minimum Gasteiger partial charge on any atom is -0.336 e. The molecular weight excluding hydrogens is 373 g/mol. The molecule has 2 heterocycles. The van der Waals surface area contributed by atoms with E-state index in [0.29, 0.717) is 17.1 Å². The van der Waals surface area contributed by atoms with Gasteiger partial charge in [-0.2, -0.15) is 18.3 Å². The Hall–Kier alpha value is -3.62. The number of nitrogens with zero attached hydrogens (tertiary/aromatic N) is 2. The fourth-order valence-corrected chi connectivity index (χ4v) is 2.99. The van der Waals surface area contributed by atoms with Crippen molar-refractivity contribution in [3.8, 4) is 5.69 Å². The van der Waals surface area contributed by atoms with Crippen molar-refractivity contribution in [1.29, 1.82) is 0 Å². The molecule has 0 fully saturated rings. The summed E-state index contributed by atoms with van der Waals surface area (Å²) >= 11 is 0. The Morgan fingerprint density at radius 3 is 2.57 bits per heavy atom. The van der Waals surface area contributed by atoms with E-state index in [4.69, 9.17) is 0 Å². The van der Waals surface area contributed by atoms with Crippen LogP contribution in [-0.4, -0.2) is 21.6 Å². The molecule has 1 aromatic heterocycles. The number of alkyl halides is 3. The number of nitrogens with one attached hydrogen (secondary N) is 2. The second-order valence-corrected chi connectivity index (χ2v) is 6.17. The van der Waals surface area contributed by atoms with Crippen molar-refractivity contribution in [3.63, 3.8) is 0 Å². The van der Waals surface area contributed by atoms with Gasteiger partial charge in [0.15, 0.2) is 0 Å². The minimum absolute atomic E-state index is 0.188. The highest BCUT2D eigenvalue weighted by Crippen LogP contribution is 2.33. The fraction of sp³-hybridized carbons (Fsp3) is 0.105. The molecular formula is C19H13F3N4O2. The number of carbonyl (C=O) groups is 2. The molecule has 1 unspecified atom stereocenters. The average Bonchev–Trinajstić information content (AvgIpc) is 3.21. The molecule has 28 heavy (non-hydrogen) atoms. The summed E-state index contributed by atoms with van der Waals surface area (Å²) in [5.41, 5.74) is 0.0308. The van der Waals surface area contributed by atoms with Gasteiger partial charge in [0, 0.05) is 11.1 Å². The molecule has 9 heteroatoms. The molecule has 6 nitrogen and oxygen atoms in total. The molecule has 1 atom stereocenters. The van der Waals surface area contributed by atoms with Crippen LogP contribution in [0.1, 0.15) is 27.5 Å². The first kappa shape index (κ1) is 17.8. The second-order valence-electron chi connectivity index (χ2n) is 6.17. The van der Waals surface area contributed by atoms with Gasteiger partial charge in [-0.1, -0.05) is 24.3 Å². The lowest BCUT2D eigenvalue weighted by Gasteiger charge is -2.12. The third-order valence-corrected chi connectivity index (χ3v) is 4.34. The van der Waals surface area contributed by atoms with Gasteiger partial charge < -0.3 is 10.6 Å². The molecule has 0 bridgehead atoms. The molecule has 2 N–H and O–H groups in total. The lowest BCUT2D eigenvalue weighted by molar-refractivity contribution is -0.137. The van der Waals surface area contributed by atoms with Crippen LogP contribution in [0, 0.1) is 0 Å². The van der Waals surface area contributed by atoms with Crippen molar-refractivity contribution >= 4 is 17.6 Å². The van der Waals surface area contributed by atoms with Gasteiger partial charge in [0.25, 0.3) is 11.8 Å². The number of rotatable bonds is 3. The number of amides is 2. The molecule has 2 amide bonds. The Kier molecular flexibility index (Phi) is 4.14. The lowest BCUT2D eigenvalue weighted by atomic mass is 10.1. The Bertz CT molecular complexity index is 1060. The molecule has 1 aliphatic heterocycles. The summed E-state index contributed by atoms with van der Waals surface area (Å²) in [5, 5.41) is 9.35. The van der Waals surface area contributed by atoms with E-state index < -0.39 is 29.6 Å². The highest BCUT2D eigenvalue weighted by atomic mass is 19.4. The number of benzene rings is 2. The summed E-state index contributed by atoms with van der Waals surface area (Å²) in [4.78, 5) is 24.7. The third-order valence-electron chi connectivity index (χ3n) is 4.34. The molecule has 142 valence electrons. The minimum atomic E-state index is -4.56. The van der Waals surface area contributed by atoms with Gasteiger partial charge >= 0.3 is 6.18 Å². The molecule has 1 aliphatic rings. The molecule has 4 rings (SSSR count). The van der Waals surface area contributed by atoms with Crippen LogP contribution in [0.2, 0.25) is 0 Å². The highest BCUT2D eigenvalue weighted by Gasteiger charge is 2.36. The Labute approximate surface area is 157 Å². The zero-order valence-corrected chi connectivity index (χ0v) is 14.2. The van der Waals surface area contributed by atoms with E-state index in [9.17, 15) is 22.8 Å². The molecule has 2 aromatic carbocycles. The molecule has 0 saturated carbocycles. The Morgan fingerprint density at radius 1 is 1.11 bits per heavy atom. The molecule has 0 saturated heterocycles. The van der Waals surface area contributed by atoms with Crippen LogP contribution in [0.15, 0.2) is 60.8 Å². The van der Waals surface area contributed by atoms with Gasteiger partial charge in [-0.15, -0.1) is 0 Å². The first-order valence-corrected chi connectivity index (χ1v) is 8.27. The Morgan fingerprint density at radius 2 is 1.86 bits per heavy atom. The monoisotopic (exact) mass is 386 g/mol. The molecule has 3 aromatic rings. The normalized spacial score (nSPS) is 15.8. The maximum absolute atomic E-state index is 12.9. The van der Waals surface area contributed by atoms with Crippen molar-refractivity contribution in [2.24, 2.45) is 0 Å². The van der Waals surface area contributed by atoms with E-state index in [0.717, 1.165) is 18.2 Å². The average molecular weight is 386 g/mol. The van der Waals surface area contributed by atoms with Gasteiger partial charge in [-0.25, -0.2) is 4.68 Å². The number of aromatic nitrogens is 2. The van der Waals surface area contributed by atoms with E-state index in [1.165, 1.54) is 16.9 Å². The standard InChI is InChI=1S/C19H13F3N4O2/c20-19(21,22)12-6-4-5-11(9-12)17(27)24-15-14-10-23-26(16(14)25-18(15)28)13-7-2-1-3-8-13/h1-10,15H,(H,24,27)(H,25,28). The lowest BCUT2D eigenvalue weighted by Crippen LogP contribution is -2.33. The van der Waals surface area contributed by atoms with Crippen molar-refractivity contribution in [2.45, 2.75) is 12.2 Å². The quantitative estimate of drug-likeness (QED) is 0.725. The summed E-state index contributed by atoms with van der Waals surface area (Å²) in [6, 6.07) is 12.0. The van der Waals surface area contributed by atoms with E-state index in [-0.39, 0.29) is 5.56 Å². The van der Waals surface area contributed by atoms with Crippen molar-refractivity contribution < 1.29 is 22.8 Å². The van der Waals surface area contributed by atoms with Crippen LogP contribution in [0.3, 0.4) is 0 Å². The van der Waals surface area contributed by atoms with Gasteiger partial charge in [0.2, 0.25) is 0 Å². The number of anilines is 1. The molecule has 0 radical (unpaired) electrons. The van der Waals surface area contributed by atoms with Crippen LogP contribution >= 0.6 is 0 Å². The van der Waals surface area contributed by atoms with E-state index in [1.807, 2.05) is 18.2 Å². The Balaban J connectivity index is 1.60. The maximum Gasteiger partial charge on any atom is 0.416 e. The van der Waals surface area contributed by atoms with E-state index in [2.05, 4.69) is 15.7 Å². The number of hydrogen-bond acceptors (Lipinski definition) is 3. The van der Waals surface area contributed by atoms with E-state index >= 15 is 0 Å². The van der Waals surface area contributed by atoms with Gasteiger partial charge in [0.1, 0.15) is 11.9 Å². The van der Waals surface area contributed by atoms with Crippen molar-refractivity contribution in [3.05, 3.63) is 77.5 Å². The second kappa shape index (κ2) is 6.52. The summed E-state index contributed by atoms with van der Waals surface area (Å²) < 4.78 is 40.1. The van der Waals surface area contributed by atoms with E-state index in [1.54, 1.807) is 12.1 Å². The van der Waals surface area contributed by atoms with Crippen LogP contribution in [0.5, 0.6) is 0 Å². The van der Waals surface area contributed by atoms with Crippen LogP contribution in [0.4, 0.5) is 19.0 Å². The number of carbonyl (C=O) groups excluding carboxylic acids is 2. The smallest absolute Gasteiger partial charge is 0.336 e. The van der Waals surface area contributed by atoms with Gasteiger partial charge in [-0.05, 0) is 30.3 Å². The predicted molar refractivity (Wildman–Crippen MR) is 93.8 cm³/mol. The van der Waals surface area contributed by atoms with Crippen molar-refractivity contribution in [2.75, 3.05) is 5.32 Å². The fourth-order valence-electron chi connectivity index (χ4n) is 2.99. The van der Waals surface area contributed by atoms with Gasteiger partial charge in [0.05, 0.1) is 17.4 Å². The highest BCUT2D eigenvalue weighted by molar-refractivity contribution is 6.05. The van der Waals surface area contributed by atoms with Crippen molar-refractivity contribution in [1.82, 2.24) is 15.1 Å². The largest absolute Gasteiger partial charge is 0.416 e. The first-order valence-electron chi connectivity index (χ1n) is 8.27. The number of halogens is 3. The zero-order valence-electron chi connectivity index (χ0n) is 14.2. The number of fused-ring (bicyclic) bond motifs is 1. The molecule has 0 aliphatic carbocycles. The molecule has 0 spiro atoms. The van der Waals surface area contributed by atoms with Gasteiger partial charge in [-0.3, -0.25) is 9.59 Å². The third kappa shape index (κ3) is 3.11.